The van der Waals surface area contributed by atoms with Crippen molar-refractivity contribution in [3.8, 4) is 23.0 Å². The third-order valence-corrected chi connectivity index (χ3v) is 14.7. The summed E-state index contributed by atoms with van der Waals surface area (Å²) in [6, 6.07) is 12.2. The van der Waals surface area contributed by atoms with Crippen LogP contribution in [0, 0.1) is 0 Å². The third kappa shape index (κ3) is 9.13. The highest BCUT2D eigenvalue weighted by Gasteiger charge is 2.44. The number of piperazine rings is 2. The molecule has 10 heterocycles. The lowest BCUT2D eigenvalue weighted by Gasteiger charge is -2.47. The predicted octanol–water partition coefficient (Wildman–Crippen LogP) is 7.82. The Labute approximate surface area is 392 Å². The number of H-pyrrole nitrogens is 2. The van der Waals surface area contributed by atoms with E-state index in [-0.39, 0.29) is 67.1 Å². The standard InChI is InChI=1S/C45H42F6N14OS2/c1-25-23-62(40-33(58-42(67-40)44(46,47)48)38-56-29-9-5-13-54-36(29)60-38)15-17-64(25)31(19-27-7-3-11-52-21-27)35(66)32(20-28-8-4-12-53-22-28)65-18-16-63(24-26(65)2)41-34(59-43(68-41)45(49,50)51)39-57-30-10-6-14-55-37(30)61-39/h3-14,21-22,25-26,31-32H,15-20,23-24H2,1-2H3,(H,54,56,60)(H,55,57,61)/t25-,26-,31?,32?/m1/s1. The molecule has 2 fully saturated rings. The number of ketones is 1. The fourth-order valence-corrected chi connectivity index (χ4v) is 11.2. The first-order chi connectivity index (χ1) is 32.7. The smallest absolute Gasteiger partial charge is 0.359 e. The summed E-state index contributed by atoms with van der Waals surface area (Å²) in [6.45, 7) is 5.71. The van der Waals surface area contributed by atoms with Crippen LogP contribution in [0.5, 0.6) is 0 Å². The molecular weight excluding hydrogens is 931 g/mol. The van der Waals surface area contributed by atoms with E-state index in [2.05, 4.69) is 59.6 Å². The molecule has 8 aromatic heterocycles. The molecule has 23 heteroatoms. The van der Waals surface area contributed by atoms with E-state index >= 15 is 4.79 Å². The normalized spacial score (nSPS) is 18.7. The van der Waals surface area contributed by atoms with Crippen LogP contribution >= 0.6 is 22.7 Å². The number of Topliss-reactive ketones (excluding diaryl/α,β-unsaturated/α-hetero) is 1. The number of alkyl halides is 6. The van der Waals surface area contributed by atoms with Crippen molar-refractivity contribution in [3.63, 3.8) is 0 Å². The second-order valence-electron chi connectivity index (χ2n) is 16.9. The Balaban J connectivity index is 0.953. The lowest BCUT2D eigenvalue weighted by Crippen LogP contribution is -2.63. The van der Waals surface area contributed by atoms with Crippen molar-refractivity contribution in [2.45, 2.75) is 63.2 Å². The number of carbonyl (C=O) groups excluding carboxylic acids is 1. The number of rotatable bonds is 12. The van der Waals surface area contributed by atoms with Gasteiger partial charge in [-0.1, -0.05) is 34.8 Å². The first-order valence-corrected chi connectivity index (χ1v) is 23.4. The number of fused-ring (bicyclic) bond motifs is 2. The van der Waals surface area contributed by atoms with Gasteiger partial charge in [0, 0.05) is 88.5 Å². The van der Waals surface area contributed by atoms with Crippen molar-refractivity contribution < 1.29 is 31.1 Å². The largest absolute Gasteiger partial charge is 0.443 e. The van der Waals surface area contributed by atoms with Crippen molar-refractivity contribution >= 4 is 60.8 Å². The topological polar surface area (TPSA) is 165 Å². The molecule has 0 saturated carbocycles. The van der Waals surface area contributed by atoms with Crippen LogP contribution in [0.3, 0.4) is 0 Å². The van der Waals surface area contributed by atoms with Crippen molar-refractivity contribution in [2.24, 2.45) is 0 Å². The minimum atomic E-state index is -4.69. The molecule has 2 aliphatic heterocycles. The maximum Gasteiger partial charge on any atom is 0.443 e. The van der Waals surface area contributed by atoms with E-state index in [1.54, 1.807) is 61.4 Å². The summed E-state index contributed by atoms with van der Waals surface area (Å²) in [5, 5.41) is -1.38. The number of carbonyl (C=O) groups is 1. The molecule has 0 bridgehead atoms. The molecule has 2 N–H and O–H groups in total. The lowest BCUT2D eigenvalue weighted by molar-refractivity contribution is -0.138. The maximum atomic E-state index is 15.7. The van der Waals surface area contributed by atoms with Gasteiger partial charge in [-0.2, -0.15) is 26.3 Å². The summed E-state index contributed by atoms with van der Waals surface area (Å²) < 4.78 is 85.6. The molecule has 0 amide bonds. The number of aromatic nitrogens is 10. The van der Waals surface area contributed by atoms with E-state index in [0.29, 0.717) is 80.9 Å². The molecule has 2 unspecified atom stereocenters. The van der Waals surface area contributed by atoms with Gasteiger partial charge >= 0.3 is 12.4 Å². The molecule has 4 atom stereocenters. The van der Waals surface area contributed by atoms with Gasteiger partial charge in [-0.15, -0.1) is 0 Å². The summed E-state index contributed by atoms with van der Waals surface area (Å²) >= 11 is 1.11. The van der Waals surface area contributed by atoms with Crippen LogP contribution in [0.1, 0.15) is 35.0 Å². The lowest BCUT2D eigenvalue weighted by atomic mass is 9.90. The Morgan fingerprint density at radius 3 is 1.43 bits per heavy atom. The number of nitrogens with one attached hydrogen (secondary N) is 2. The van der Waals surface area contributed by atoms with Gasteiger partial charge in [0.2, 0.25) is 10.0 Å². The van der Waals surface area contributed by atoms with Gasteiger partial charge in [0.15, 0.2) is 28.7 Å². The molecule has 0 aliphatic carbocycles. The zero-order valence-electron chi connectivity index (χ0n) is 36.4. The number of anilines is 2. The number of hydrogen-bond acceptors (Lipinski definition) is 15. The number of pyridine rings is 4. The molecular formula is C45H42F6N14OS2. The fraction of sp³-hybridized carbons (Fsp3) is 0.356. The van der Waals surface area contributed by atoms with Gasteiger partial charge in [0.05, 0.1) is 12.1 Å². The van der Waals surface area contributed by atoms with Crippen molar-refractivity contribution in [2.75, 3.05) is 49.1 Å². The Morgan fingerprint density at radius 1 is 0.632 bits per heavy atom. The summed E-state index contributed by atoms with van der Waals surface area (Å²) in [5.41, 5.74) is 3.63. The first kappa shape index (κ1) is 45.4. The molecule has 15 nitrogen and oxygen atoms in total. The van der Waals surface area contributed by atoms with Gasteiger partial charge in [0.1, 0.15) is 32.4 Å². The number of hydrogen-bond donors (Lipinski definition) is 2. The molecule has 10 rings (SSSR count). The Bertz CT molecular complexity index is 2780. The van der Waals surface area contributed by atoms with Crippen LogP contribution in [-0.4, -0.2) is 129 Å². The summed E-state index contributed by atoms with van der Waals surface area (Å²) in [6.07, 6.45) is 1.13. The number of halogens is 6. The molecule has 0 aromatic carbocycles. The van der Waals surface area contributed by atoms with Crippen LogP contribution in [0.4, 0.5) is 36.3 Å². The van der Waals surface area contributed by atoms with Gasteiger partial charge in [0.25, 0.3) is 0 Å². The zero-order valence-corrected chi connectivity index (χ0v) is 38.0. The van der Waals surface area contributed by atoms with E-state index in [1.165, 1.54) is 0 Å². The van der Waals surface area contributed by atoms with Crippen molar-refractivity contribution in [3.05, 3.63) is 107 Å². The minimum absolute atomic E-state index is 0.0708. The highest BCUT2D eigenvalue weighted by molar-refractivity contribution is 7.16. The molecule has 0 spiro atoms. The van der Waals surface area contributed by atoms with E-state index in [0.717, 1.165) is 11.1 Å². The van der Waals surface area contributed by atoms with E-state index < -0.39 is 34.5 Å². The molecule has 8 aromatic rings. The average molecular weight is 973 g/mol. The van der Waals surface area contributed by atoms with Crippen LogP contribution in [0.15, 0.2) is 85.7 Å². The Kier molecular flexibility index (Phi) is 12.2. The zero-order chi connectivity index (χ0) is 47.3. The van der Waals surface area contributed by atoms with Crippen LogP contribution in [0.25, 0.3) is 45.4 Å². The van der Waals surface area contributed by atoms with E-state index in [1.807, 2.05) is 47.9 Å². The van der Waals surface area contributed by atoms with Gasteiger partial charge in [-0.05, 0) is 74.2 Å². The van der Waals surface area contributed by atoms with Gasteiger partial charge < -0.3 is 19.8 Å². The van der Waals surface area contributed by atoms with Crippen LogP contribution < -0.4 is 9.80 Å². The maximum absolute atomic E-state index is 15.7. The Morgan fingerprint density at radius 2 is 1.06 bits per heavy atom. The summed E-state index contributed by atoms with van der Waals surface area (Å²) in [7, 11) is 0. The second-order valence-corrected chi connectivity index (χ2v) is 18.8. The fourth-order valence-electron chi connectivity index (χ4n) is 9.22. The highest BCUT2D eigenvalue weighted by Crippen LogP contribution is 2.45. The molecule has 2 saturated heterocycles. The molecule has 2 aliphatic rings. The molecule has 352 valence electrons. The average Bonchev–Trinajstić information content (AvgIpc) is 4.15. The highest BCUT2D eigenvalue weighted by atomic mass is 32.1. The molecule has 0 radical (unpaired) electrons. The van der Waals surface area contributed by atoms with Crippen LogP contribution in [-0.2, 0) is 30.0 Å². The second kappa shape index (κ2) is 18.2. The predicted molar refractivity (Wildman–Crippen MR) is 245 cm³/mol. The minimum Gasteiger partial charge on any atom is -0.359 e. The quantitative estimate of drug-likeness (QED) is 0.114. The monoisotopic (exact) mass is 972 g/mol. The number of aromatic amines is 2. The number of imidazole rings is 2. The SMILES string of the molecule is C[C@@H]1CN(c2sc(C(F)(F)F)nc2-c2nc3cccnc3[nH]2)CCN1C(Cc1cccnc1)C(=O)C(Cc1cccnc1)N1CCN(c2sc(C(F)(F)F)nc2-c2nc3cccnc3[nH]2)C[C@H]1C. The van der Waals surface area contributed by atoms with Gasteiger partial charge in [-0.25, -0.2) is 29.9 Å². The summed E-state index contributed by atoms with van der Waals surface area (Å²) in [5.74, 6) is 0.275. The van der Waals surface area contributed by atoms with Crippen molar-refractivity contribution in [1.29, 1.82) is 0 Å². The van der Waals surface area contributed by atoms with Gasteiger partial charge in [-0.3, -0.25) is 24.6 Å². The van der Waals surface area contributed by atoms with E-state index in [9.17, 15) is 26.3 Å². The number of nitrogens with zero attached hydrogens (tertiary/aromatic N) is 12. The van der Waals surface area contributed by atoms with E-state index in [4.69, 9.17) is 0 Å². The summed E-state index contributed by atoms with van der Waals surface area (Å²) in [4.78, 5) is 64.2. The number of thiazole rings is 2. The van der Waals surface area contributed by atoms with Crippen molar-refractivity contribution in [1.82, 2.24) is 59.6 Å². The third-order valence-electron chi connectivity index (χ3n) is 12.4. The Hall–Kier alpha value is -6.43. The molecule has 68 heavy (non-hydrogen) atoms. The first-order valence-electron chi connectivity index (χ1n) is 21.8. The van der Waals surface area contributed by atoms with Crippen LogP contribution in [0.2, 0.25) is 0 Å².